The average Bonchev–Trinajstić information content (AvgIpc) is 3.11. The molecule has 1 saturated carbocycles. The molecule has 1 N–H and O–H groups in total. The fourth-order valence-corrected chi connectivity index (χ4v) is 4.11. The maximum absolute atomic E-state index is 13.2. The standard InChI is InChI=1S/C19H30N4O2/c1-2-22-14-11-16(21-22)19(25)23-13-8-4-3-7-12-20-18(24)15-9-5-6-10-17(15)23/h11,14-15,17H,2-10,12-13H2,1H3,(H,20,24)/t15-,17+/m1/s1. The van der Waals surface area contributed by atoms with Crippen molar-refractivity contribution in [1.82, 2.24) is 20.0 Å². The van der Waals surface area contributed by atoms with Gasteiger partial charge in [-0.25, -0.2) is 0 Å². The molecular formula is C19H30N4O2. The smallest absolute Gasteiger partial charge is 0.274 e. The molecule has 0 spiro atoms. The van der Waals surface area contributed by atoms with Gasteiger partial charge in [-0.2, -0.15) is 5.10 Å². The molecule has 6 heteroatoms. The monoisotopic (exact) mass is 346 g/mol. The van der Waals surface area contributed by atoms with E-state index in [1.165, 1.54) is 0 Å². The van der Waals surface area contributed by atoms with E-state index in [4.69, 9.17) is 0 Å². The van der Waals surface area contributed by atoms with Crippen LogP contribution in [0.4, 0.5) is 0 Å². The molecule has 2 amide bonds. The van der Waals surface area contributed by atoms with E-state index in [1.807, 2.05) is 18.0 Å². The lowest BCUT2D eigenvalue weighted by molar-refractivity contribution is -0.128. The van der Waals surface area contributed by atoms with E-state index in [1.54, 1.807) is 10.7 Å². The first-order valence-electron chi connectivity index (χ1n) is 9.83. The highest BCUT2D eigenvalue weighted by Crippen LogP contribution is 2.30. The SMILES string of the molecule is CCn1ccc(C(=O)N2CCCCCCNC(=O)[C@@H]3CCCC[C@@H]32)n1. The van der Waals surface area contributed by atoms with Crippen LogP contribution < -0.4 is 5.32 Å². The topological polar surface area (TPSA) is 67.2 Å². The molecule has 2 fully saturated rings. The van der Waals surface area contributed by atoms with E-state index < -0.39 is 0 Å². The highest BCUT2D eigenvalue weighted by Gasteiger charge is 2.37. The lowest BCUT2D eigenvalue weighted by Gasteiger charge is -2.39. The van der Waals surface area contributed by atoms with Crippen LogP contribution in [0.1, 0.15) is 68.8 Å². The van der Waals surface area contributed by atoms with Gasteiger partial charge in [-0.1, -0.05) is 25.7 Å². The van der Waals surface area contributed by atoms with Crippen molar-refractivity contribution in [3.8, 4) is 0 Å². The van der Waals surface area contributed by atoms with Gasteiger partial charge in [0.2, 0.25) is 5.91 Å². The molecule has 3 rings (SSSR count). The number of carbonyl (C=O) groups excluding carboxylic acids is 2. The van der Waals surface area contributed by atoms with Crippen LogP contribution in [-0.2, 0) is 11.3 Å². The molecule has 1 aliphatic heterocycles. The second-order valence-corrected chi connectivity index (χ2v) is 7.22. The summed E-state index contributed by atoms with van der Waals surface area (Å²) in [7, 11) is 0. The van der Waals surface area contributed by atoms with Gasteiger partial charge in [0.15, 0.2) is 0 Å². The molecule has 1 aromatic heterocycles. The Hall–Kier alpha value is -1.85. The minimum absolute atomic E-state index is 0.00567. The van der Waals surface area contributed by atoms with Crippen LogP contribution in [0.15, 0.2) is 12.3 Å². The Morgan fingerprint density at radius 1 is 1.20 bits per heavy atom. The van der Waals surface area contributed by atoms with Crippen molar-refractivity contribution < 1.29 is 9.59 Å². The summed E-state index contributed by atoms with van der Waals surface area (Å²) in [5, 5.41) is 7.50. The highest BCUT2D eigenvalue weighted by atomic mass is 16.2. The van der Waals surface area contributed by atoms with E-state index in [-0.39, 0.29) is 23.8 Å². The number of hydrogen-bond acceptors (Lipinski definition) is 3. The molecule has 0 aromatic carbocycles. The lowest BCUT2D eigenvalue weighted by atomic mass is 9.82. The van der Waals surface area contributed by atoms with E-state index in [0.717, 1.165) is 71.0 Å². The molecule has 0 radical (unpaired) electrons. The fourth-order valence-electron chi connectivity index (χ4n) is 4.11. The first-order chi connectivity index (χ1) is 12.2. The number of rotatable bonds is 2. The van der Waals surface area contributed by atoms with Crippen molar-refractivity contribution in [1.29, 1.82) is 0 Å². The summed E-state index contributed by atoms with van der Waals surface area (Å²) >= 11 is 0. The number of nitrogens with zero attached hydrogens (tertiary/aromatic N) is 3. The highest BCUT2D eigenvalue weighted by molar-refractivity contribution is 5.93. The van der Waals surface area contributed by atoms with Crippen LogP contribution in [0.5, 0.6) is 0 Å². The Morgan fingerprint density at radius 3 is 2.80 bits per heavy atom. The van der Waals surface area contributed by atoms with Crippen molar-refractivity contribution in [2.75, 3.05) is 13.1 Å². The number of amides is 2. The van der Waals surface area contributed by atoms with Gasteiger partial charge < -0.3 is 10.2 Å². The molecule has 2 heterocycles. The second-order valence-electron chi connectivity index (χ2n) is 7.22. The third-order valence-corrected chi connectivity index (χ3v) is 5.54. The number of aryl methyl sites for hydroxylation is 1. The summed E-state index contributed by atoms with van der Waals surface area (Å²) in [6.07, 6.45) is 10.0. The summed E-state index contributed by atoms with van der Waals surface area (Å²) < 4.78 is 1.78. The van der Waals surface area contributed by atoms with Crippen LogP contribution in [0, 0.1) is 5.92 Å². The molecule has 0 bridgehead atoms. The molecule has 2 atom stereocenters. The van der Waals surface area contributed by atoms with Crippen molar-refractivity contribution in [3.63, 3.8) is 0 Å². The Morgan fingerprint density at radius 2 is 2.00 bits per heavy atom. The molecule has 138 valence electrons. The van der Waals surface area contributed by atoms with Crippen LogP contribution >= 0.6 is 0 Å². The maximum Gasteiger partial charge on any atom is 0.274 e. The zero-order valence-electron chi connectivity index (χ0n) is 15.2. The van der Waals surface area contributed by atoms with E-state index >= 15 is 0 Å². The predicted octanol–water partition coefficient (Wildman–Crippen LogP) is 2.59. The molecule has 1 saturated heterocycles. The number of carbonyl (C=O) groups is 2. The second kappa shape index (κ2) is 8.50. The Bertz CT molecular complexity index is 598. The quantitative estimate of drug-likeness (QED) is 0.895. The summed E-state index contributed by atoms with van der Waals surface area (Å²) in [5.74, 6) is 0.0312. The largest absolute Gasteiger partial charge is 0.356 e. The lowest BCUT2D eigenvalue weighted by Crippen LogP contribution is -2.51. The van der Waals surface area contributed by atoms with Gasteiger partial charge >= 0.3 is 0 Å². The molecule has 0 unspecified atom stereocenters. The van der Waals surface area contributed by atoms with Gasteiger partial charge in [-0.3, -0.25) is 14.3 Å². The Kier molecular flexibility index (Phi) is 6.10. The van der Waals surface area contributed by atoms with Crippen LogP contribution in [0.25, 0.3) is 0 Å². The number of nitrogens with one attached hydrogen (secondary N) is 1. The number of hydrogen-bond donors (Lipinski definition) is 1. The molecule has 1 aromatic rings. The van der Waals surface area contributed by atoms with Crippen molar-refractivity contribution >= 4 is 11.8 Å². The van der Waals surface area contributed by atoms with Gasteiger partial charge in [0, 0.05) is 31.9 Å². The average molecular weight is 346 g/mol. The zero-order valence-corrected chi connectivity index (χ0v) is 15.2. The van der Waals surface area contributed by atoms with Gasteiger partial charge in [-0.15, -0.1) is 0 Å². The third-order valence-electron chi connectivity index (χ3n) is 5.54. The predicted molar refractivity (Wildman–Crippen MR) is 96.2 cm³/mol. The number of aromatic nitrogens is 2. The van der Waals surface area contributed by atoms with E-state index in [9.17, 15) is 9.59 Å². The molecule has 2 aliphatic rings. The summed E-state index contributed by atoms with van der Waals surface area (Å²) in [6.45, 7) is 4.25. The zero-order chi connectivity index (χ0) is 17.6. The van der Waals surface area contributed by atoms with E-state index in [0.29, 0.717) is 5.69 Å². The first kappa shape index (κ1) is 18.0. The summed E-state index contributed by atoms with van der Waals surface area (Å²) in [6, 6.07) is 1.81. The number of fused-ring (bicyclic) bond motifs is 1. The molecule has 6 nitrogen and oxygen atoms in total. The van der Waals surface area contributed by atoms with Gasteiger partial charge in [0.1, 0.15) is 5.69 Å². The third kappa shape index (κ3) is 4.22. The first-order valence-corrected chi connectivity index (χ1v) is 9.83. The van der Waals surface area contributed by atoms with Crippen molar-refractivity contribution in [2.24, 2.45) is 5.92 Å². The van der Waals surface area contributed by atoms with Crippen LogP contribution in [0.3, 0.4) is 0 Å². The van der Waals surface area contributed by atoms with Crippen LogP contribution in [0.2, 0.25) is 0 Å². The Balaban J connectivity index is 1.85. The van der Waals surface area contributed by atoms with Gasteiger partial charge in [0.25, 0.3) is 5.91 Å². The minimum atomic E-state index is -0.0796. The fraction of sp³-hybridized carbons (Fsp3) is 0.737. The Labute approximate surface area is 149 Å². The maximum atomic E-state index is 13.2. The summed E-state index contributed by atoms with van der Waals surface area (Å²) in [5.41, 5.74) is 0.501. The van der Waals surface area contributed by atoms with E-state index in [2.05, 4.69) is 10.4 Å². The van der Waals surface area contributed by atoms with Gasteiger partial charge in [0.05, 0.1) is 5.92 Å². The molecule has 1 aliphatic carbocycles. The minimum Gasteiger partial charge on any atom is -0.356 e. The molecule has 25 heavy (non-hydrogen) atoms. The van der Waals surface area contributed by atoms with Crippen molar-refractivity contribution in [2.45, 2.75) is 70.9 Å². The van der Waals surface area contributed by atoms with Crippen molar-refractivity contribution in [3.05, 3.63) is 18.0 Å². The summed E-state index contributed by atoms with van der Waals surface area (Å²) in [4.78, 5) is 27.8. The normalized spacial score (nSPS) is 25.6. The van der Waals surface area contributed by atoms with Gasteiger partial charge in [-0.05, 0) is 38.7 Å². The van der Waals surface area contributed by atoms with Crippen LogP contribution in [-0.4, -0.2) is 45.6 Å². The molecular weight excluding hydrogens is 316 g/mol.